The molecule has 0 aromatic heterocycles. The van der Waals surface area contributed by atoms with E-state index in [1.54, 1.807) is 0 Å². The van der Waals surface area contributed by atoms with Crippen LogP contribution in [0.5, 0.6) is 0 Å². The lowest BCUT2D eigenvalue weighted by Gasteiger charge is -2.27. The number of benzene rings is 2. The highest BCUT2D eigenvalue weighted by Gasteiger charge is 2.41. The molecule has 2 amide bonds. The monoisotopic (exact) mass is 534 g/mol. The third-order valence-electron chi connectivity index (χ3n) is 7.42. The Bertz CT molecular complexity index is 1330. The normalized spacial score (nSPS) is 21.1. The lowest BCUT2D eigenvalue weighted by Crippen LogP contribution is -2.47. The molecule has 198 valence electrons. The summed E-state index contributed by atoms with van der Waals surface area (Å²) in [5.41, 5.74) is -0.0897. The van der Waals surface area contributed by atoms with E-state index in [2.05, 4.69) is 5.32 Å². The third kappa shape index (κ3) is 5.26. The summed E-state index contributed by atoms with van der Waals surface area (Å²) in [5.74, 6) is -4.87. The Kier molecular flexibility index (Phi) is 6.58. The summed E-state index contributed by atoms with van der Waals surface area (Å²) < 4.78 is 67.4. The van der Waals surface area contributed by atoms with Crippen molar-refractivity contribution in [3.8, 4) is 0 Å². The van der Waals surface area contributed by atoms with Crippen LogP contribution < -0.4 is 5.32 Å². The maximum Gasteiger partial charge on any atom is 0.270 e. The fourth-order valence-electron chi connectivity index (χ4n) is 5.01. The minimum atomic E-state index is -3.47. The van der Waals surface area contributed by atoms with Crippen molar-refractivity contribution >= 4 is 21.7 Å². The molecule has 1 heterocycles. The van der Waals surface area contributed by atoms with Crippen LogP contribution in [0.4, 0.5) is 13.2 Å². The number of hydrogen-bond acceptors (Lipinski definition) is 4. The van der Waals surface area contributed by atoms with Gasteiger partial charge < -0.3 is 10.2 Å². The number of carbonyl (C=O) groups is 2. The molecule has 0 spiro atoms. The van der Waals surface area contributed by atoms with Gasteiger partial charge in [-0.1, -0.05) is 18.2 Å². The van der Waals surface area contributed by atoms with Gasteiger partial charge in [0.2, 0.25) is 5.91 Å². The smallest absolute Gasteiger partial charge is 0.270 e. The molecule has 6 nitrogen and oxygen atoms in total. The second kappa shape index (κ2) is 9.45. The Morgan fingerprint density at radius 2 is 1.78 bits per heavy atom. The Balaban J connectivity index is 1.34. The van der Waals surface area contributed by atoms with Gasteiger partial charge in [0.05, 0.1) is 16.2 Å². The van der Waals surface area contributed by atoms with Crippen molar-refractivity contribution < 1.29 is 31.2 Å². The lowest BCUT2D eigenvalue weighted by atomic mass is 9.98. The van der Waals surface area contributed by atoms with Crippen molar-refractivity contribution in [2.45, 2.75) is 73.6 Å². The number of likely N-dealkylation sites (tertiary alicyclic amines) is 1. The van der Waals surface area contributed by atoms with Crippen molar-refractivity contribution in [2.75, 3.05) is 6.54 Å². The maximum absolute atomic E-state index is 14.9. The minimum absolute atomic E-state index is 0.0127. The van der Waals surface area contributed by atoms with Crippen molar-refractivity contribution in [1.82, 2.24) is 10.2 Å². The molecule has 2 atom stereocenters. The first-order chi connectivity index (χ1) is 17.5. The van der Waals surface area contributed by atoms with Gasteiger partial charge in [0.15, 0.2) is 9.84 Å². The first-order valence-electron chi connectivity index (χ1n) is 12.6. The quantitative estimate of drug-likeness (QED) is 0.530. The molecule has 2 aromatic rings. The summed E-state index contributed by atoms with van der Waals surface area (Å²) in [4.78, 5) is 28.2. The third-order valence-corrected chi connectivity index (χ3v) is 9.68. The van der Waals surface area contributed by atoms with E-state index >= 15 is 0 Å². The van der Waals surface area contributed by atoms with Crippen LogP contribution in [0.15, 0.2) is 47.4 Å². The summed E-state index contributed by atoms with van der Waals surface area (Å²) in [6.07, 6.45) is 3.77. The number of nitrogens with zero attached hydrogens (tertiary/aromatic N) is 1. The molecule has 2 aromatic carbocycles. The molecule has 1 aliphatic heterocycles. The van der Waals surface area contributed by atoms with Gasteiger partial charge >= 0.3 is 0 Å². The van der Waals surface area contributed by atoms with E-state index in [1.165, 1.54) is 41.3 Å². The number of alkyl halides is 2. The van der Waals surface area contributed by atoms with E-state index in [9.17, 15) is 31.2 Å². The number of carbonyl (C=O) groups excluding carboxylic acids is 2. The summed E-state index contributed by atoms with van der Waals surface area (Å²) >= 11 is 0. The van der Waals surface area contributed by atoms with Crippen LogP contribution in [-0.4, -0.2) is 43.0 Å². The molecule has 5 rings (SSSR count). The molecular formula is C27H29F3N2O4S. The van der Waals surface area contributed by atoms with Crippen molar-refractivity contribution in [3.05, 3.63) is 65.0 Å². The fraction of sp³-hybridized carbons (Fsp3) is 0.481. The highest BCUT2D eigenvalue weighted by atomic mass is 32.2. The molecule has 0 bridgehead atoms. The van der Waals surface area contributed by atoms with E-state index in [0.29, 0.717) is 39.2 Å². The Morgan fingerprint density at radius 3 is 2.41 bits per heavy atom. The lowest BCUT2D eigenvalue weighted by molar-refractivity contribution is -0.125. The molecule has 2 saturated carbocycles. The highest BCUT2D eigenvalue weighted by Crippen LogP contribution is 2.43. The van der Waals surface area contributed by atoms with E-state index in [0.717, 1.165) is 18.9 Å². The van der Waals surface area contributed by atoms with E-state index < -0.39 is 56.3 Å². The molecular weight excluding hydrogens is 505 g/mol. The minimum Gasteiger partial charge on any atom is -0.347 e. The van der Waals surface area contributed by atoms with Crippen LogP contribution >= 0.6 is 0 Å². The van der Waals surface area contributed by atoms with Gasteiger partial charge in [-0.05, 0) is 68.7 Å². The fourth-order valence-corrected chi connectivity index (χ4v) is 6.71. The molecule has 10 heteroatoms. The first kappa shape index (κ1) is 25.8. The van der Waals surface area contributed by atoms with Crippen LogP contribution in [0.3, 0.4) is 0 Å². The summed E-state index contributed by atoms with van der Waals surface area (Å²) in [6, 6.07) is 7.73. The SMILES string of the molecule is CC(F)(F)c1ccc([C@H](NC(=O)[C@H]2CCCN2C(=O)c2cccc(S(=O)(=O)C3CC3)c2)C2CC2)c(F)c1. The number of rotatable bonds is 8. The molecule has 3 aliphatic rings. The van der Waals surface area contributed by atoms with Crippen molar-refractivity contribution in [3.63, 3.8) is 0 Å². The van der Waals surface area contributed by atoms with E-state index in [-0.39, 0.29) is 21.9 Å². The molecule has 2 aliphatic carbocycles. The van der Waals surface area contributed by atoms with Gasteiger partial charge in [-0.3, -0.25) is 9.59 Å². The first-order valence-corrected chi connectivity index (χ1v) is 14.1. The molecule has 1 N–H and O–H groups in total. The van der Waals surface area contributed by atoms with Crippen molar-refractivity contribution in [1.29, 1.82) is 0 Å². The largest absolute Gasteiger partial charge is 0.347 e. The summed E-state index contributed by atoms with van der Waals surface area (Å²) in [7, 11) is -3.47. The van der Waals surface area contributed by atoms with E-state index in [1.807, 2.05) is 0 Å². The number of amides is 2. The average Bonchev–Trinajstić information content (AvgIpc) is 3.79. The second-order valence-corrected chi connectivity index (χ2v) is 12.6. The van der Waals surface area contributed by atoms with Crippen LogP contribution in [0.25, 0.3) is 0 Å². The zero-order valence-electron chi connectivity index (χ0n) is 20.4. The number of hydrogen-bond donors (Lipinski definition) is 1. The molecule has 3 fully saturated rings. The second-order valence-electron chi connectivity index (χ2n) is 10.4. The van der Waals surface area contributed by atoms with Gasteiger partial charge in [0, 0.05) is 30.2 Å². The van der Waals surface area contributed by atoms with Gasteiger partial charge in [0.25, 0.3) is 11.8 Å². The summed E-state index contributed by atoms with van der Waals surface area (Å²) in [6.45, 7) is 1.03. The molecule has 0 radical (unpaired) electrons. The van der Waals surface area contributed by atoms with Gasteiger partial charge in [-0.15, -0.1) is 0 Å². The molecule has 1 saturated heterocycles. The van der Waals surface area contributed by atoms with Gasteiger partial charge in [0.1, 0.15) is 11.9 Å². The average molecular weight is 535 g/mol. The topological polar surface area (TPSA) is 83.6 Å². The highest BCUT2D eigenvalue weighted by molar-refractivity contribution is 7.92. The maximum atomic E-state index is 14.9. The molecule has 0 unspecified atom stereocenters. The van der Waals surface area contributed by atoms with Crippen molar-refractivity contribution in [2.24, 2.45) is 5.92 Å². The number of nitrogens with one attached hydrogen (secondary N) is 1. The van der Waals surface area contributed by atoms with E-state index in [4.69, 9.17) is 0 Å². The van der Waals surface area contributed by atoms with Crippen LogP contribution in [0.1, 0.15) is 73.0 Å². The number of sulfone groups is 1. The predicted octanol–water partition coefficient (Wildman–Crippen LogP) is 4.75. The number of halogens is 3. The van der Waals surface area contributed by atoms with Gasteiger partial charge in [-0.2, -0.15) is 0 Å². The zero-order valence-corrected chi connectivity index (χ0v) is 21.2. The van der Waals surface area contributed by atoms with Gasteiger partial charge in [-0.25, -0.2) is 21.6 Å². The van der Waals surface area contributed by atoms with Crippen LogP contribution in [0, 0.1) is 11.7 Å². The predicted molar refractivity (Wildman–Crippen MR) is 130 cm³/mol. The van der Waals surface area contributed by atoms with Crippen LogP contribution in [0.2, 0.25) is 0 Å². The molecule has 37 heavy (non-hydrogen) atoms. The Hall–Kier alpha value is -2.88. The Labute approximate surface area is 214 Å². The standard InChI is InChI=1S/C27H29F3N2O4S/c1-27(29,30)18-9-12-21(22(28)15-18)24(16-7-8-16)31-25(33)23-6-3-13-32(23)26(34)17-4-2-5-20(14-17)37(35,36)19-10-11-19/h2,4-5,9,12,14-16,19,23-24H,3,6-8,10-11,13H2,1H3,(H,31,33)/t23-,24-/m1/s1. The Morgan fingerprint density at radius 1 is 1.05 bits per heavy atom. The van der Waals surface area contributed by atoms with Crippen LogP contribution in [-0.2, 0) is 20.6 Å². The zero-order chi connectivity index (χ0) is 26.5. The summed E-state index contributed by atoms with van der Waals surface area (Å²) in [5, 5.41) is 2.47.